The molecule has 0 spiro atoms. The molecule has 0 fully saturated rings. The van der Waals surface area contributed by atoms with Gasteiger partial charge >= 0.3 is 0 Å². The topological polar surface area (TPSA) is 80.6 Å². The molecule has 2 heterocycles. The van der Waals surface area contributed by atoms with E-state index in [1.165, 1.54) is 4.31 Å². The Morgan fingerprint density at radius 1 is 1.41 bits per heavy atom. The number of sulfonamides is 1. The molecule has 1 aromatic heterocycles. The summed E-state index contributed by atoms with van der Waals surface area (Å²) < 4.78 is 33.3. The number of ether oxygens (including phenoxy) is 1. The molecular weight excluding hydrogens is 306 g/mol. The fourth-order valence-corrected chi connectivity index (χ4v) is 3.67. The lowest BCUT2D eigenvalue weighted by molar-refractivity contribution is 0.0952. The van der Waals surface area contributed by atoms with Gasteiger partial charge in [0, 0.05) is 26.1 Å². The van der Waals surface area contributed by atoms with Crippen molar-refractivity contribution in [3.8, 4) is 0 Å². The Kier molecular flexibility index (Phi) is 5.54. The van der Waals surface area contributed by atoms with Crippen LogP contribution in [0.2, 0.25) is 0 Å². The highest BCUT2D eigenvalue weighted by atomic mass is 32.2. The standard InChI is InChI=1S/C13H25N5O3S/c1-5-22(19,20)18-8-11(10-21-7-6-16(2)3)13-12(9-18)14-15-17(13)4/h11H,5-10H2,1-4H3. The molecule has 8 nitrogen and oxygen atoms in total. The molecule has 0 bridgehead atoms. The molecule has 0 saturated heterocycles. The van der Waals surface area contributed by atoms with Crippen molar-refractivity contribution < 1.29 is 13.2 Å². The van der Waals surface area contributed by atoms with Gasteiger partial charge in [-0.15, -0.1) is 5.10 Å². The SMILES string of the molecule is CCS(=O)(=O)N1Cc2nnn(C)c2C(COCCN(C)C)C1. The average molecular weight is 331 g/mol. The van der Waals surface area contributed by atoms with E-state index in [-0.39, 0.29) is 11.7 Å². The molecule has 9 heteroatoms. The molecule has 126 valence electrons. The summed E-state index contributed by atoms with van der Waals surface area (Å²) in [5, 5.41) is 8.13. The van der Waals surface area contributed by atoms with Gasteiger partial charge in [0.2, 0.25) is 10.0 Å². The Morgan fingerprint density at radius 3 is 2.77 bits per heavy atom. The number of hydrogen-bond donors (Lipinski definition) is 0. The quantitative estimate of drug-likeness (QED) is 0.635. The number of aromatic nitrogens is 3. The fourth-order valence-electron chi connectivity index (χ4n) is 2.58. The second-order valence-corrected chi connectivity index (χ2v) is 8.07. The molecule has 0 amide bonds. The third kappa shape index (κ3) is 3.83. The third-order valence-electron chi connectivity index (χ3n) is 3.84. The summed E-state index contributed by atoms with van der Waals surface area (Å²) in [6, 6.07) is 0. The van der Waals surface area contributed by atoms with Gasteiger partial charge in [-0.25, -0.2) is 8.42 Å². The summed E-state index contributed by atoms with van der Waals surface area (Å²) in [6.45, 7) is 4.30. The van der Waals surface area contributed by atoms with E-state index in [1.54, 1.807) is 11.6 Å². The van der Waals surface area contributed by atoms with Gasteiger partial charge < -0.3 is 9.64 Å². The van der Waals surface area contributed by atoms with Crippen LogP contribution in [0.4, 0.5) is 0 Å². The maximum atomic E-state index is 12.2. The predicted molar refractivity (Wildman–Crippen MR) is 83.0 cm³/mol. The van der Waals surface area contributed by atoms with Crippen LogP contribution in [-0.4, -0.2) is 78.8 Å². The van der Waals surface area contributed by atoms with E-state index < -0.39 is 10.0 Å². The Bertz CT molecular complexity index is 599. The maximum absolute atomic E-state index is 12.2. The van der Waals surface area contributed by atoms with E-state index in [9.17, 15) is 8.42 Å². The molecule has 1 atom stereocenters. The van der Waals surface area contributed by atoms with Crippen LogP contribution < -0.4 is 0 Å². The highest BCUT2D eigenvalue weighted by Crippen LogP contribution is 2.28. The number of rotatable bonds is 7. The average Bonchev–Trinajstić information content (AvgIpc) is 2.85. The van der Waals surface area contributed by atoms with Crippen LogP contribution in [0, 0.1) is 0 Å². The minimum Gasteiger partial charge on any atom is -0.379 e. The lowest BCUT2D eigenvalue weighted by Gasteiger charge is -2.31. The summed E-state index contributed by atoms with van der Waals surface area (Å²) in [6.07, 6.45) is 0. The van der Waals surface area contributed by atoms with Gasteiger partial charge in [-0.2, -0.15) is 4.31 Å². The normalized spacial score (nSPS) is 19.6. The summed E-state index contributed by atoms with van der Waals surface area (Å²) >= 11 is 0. The van der Waals surface area contributed by atoms with Crippen LogP contribution in [0.3, 0.4) is 0 Å². The molecular formula is C13H25N5O3S. The summed E-state index contributed by atoms with van der Waals surface area (Å²) in [5.41, 5.74) is 1.71. The van der Waals surface area contributed by atoms with E-state index in [1.807, 2.05) is 26.0 Å². The monoisotopic (exact) mass is 331 g/mol. The first-order valence-corrected chi connectivity index (χ1v) is 9.04. The summed E-state index contributed by atoms with van der Waals surface area (Å²) in [5.74, 6) is 0.0591. The molecule has 1 unspecified atom stereocenters. The minimum atomic E-state index is -3.24. The third-order valence-corrected chi connectivity index (χ3v) is 5.64. The van der Waals surface area contributed by atoms with Crippen molar-refractivity contribution >= 4 is 10.0 Å². The molecule has 22 heavy (non-hydrogen) atoms. The molecule has 1 aliphatic heterocycles. The summed E-state index contributed by atoms with van der Waals surface area (Å²) in [7, 11) is 2.57. The second-order valence-electron chi connectivity index (χ2n) is 5.81. The lowest BCUT2D eigenvalue weighted by Crippen LogP contribution is -2.41. The molecule has 0 aromatic carbocycles. The van der Waals surface area contributed by atoms with Gasteiger partial charge in [0.15, 0.2) is 0 Å². The second kappa shape index (κ2) is 7.03. The van der Waals surface area contributed by atoms with E-state index in [0.717, 1.165) is 17.9 Å². The Hall–Kier alpha value is -1.03. The number of hydrogen-bond acceptors (Lipinski definition) is 6. The zero-order valence-electron chi connectivity index (χ0n) is 13.7. The van der Waals surface area contributed by atoms with E-state index in [2.05, 4.69) is 10.3 Å². The van der Waals surface area contributed by atoms with Gasteiger partial charge in [0.25, 0.3) is 0 Å². The Morgan fingerprint density at radius 2 is 2.14 bits per heavy atom. The number of nitrogens with zero attached hydrogens (tertiary/aromatic N) is 5. The van der Waals surface area contributed by atoms with Crippen molar-refractivity contribution in [2.75, 3.05) is 46.2 Å². The lowest BCUT2D eigenvalue weighted by atomic mass is 10.0. The van der Waals surface area contributed by atoms with Crippen molar-refractivity contribution in [3.05, 3.63) is 11.4 Å². The van der Waals surface area contributed by atoms with E-state index >= 15 is 0 Å². The zero-order valence-corrected chi connectivity index (χ0v) is 14.5. The van der Waals surface area contributed by atoms with Gasteiger partial charge in [-0.05, 0) is 21.0 Å². The Labute approximate surface area is 132 Å². The number of fused-ring (bicyclic) bond motifs is 1. The van der Waals surface area contributed by atoms with E-state index in [0.29, 0.717) is 26.3 Å². The number of aryl methyl sites for hydroxylation is 1. The van der Waals surface area contributed by atoms with Gasteiger partial charge in [0.05, 0.1) is 31.2 Å². The van der Waals surface area contributed by atoms with Gasteiger partial charge in [-0.1, -0.05) is 5.21 Å². The Balaban J connectivity index is 2.11. The molecule has 1 aromatic rings. The highest BCUT2D eigenvalue weighted by molar-refractivity contribution is 7.89. The van der Waals surface area contributed by atoms with Crippen LogP contribution in [0.15, 0.2) is 0 Å². The van der Waals surface area contributed by atoms with Crippen molar-refractivity contribution in [1.29, 1.82) is 0 Å². The maximum Gasteiger partial charge on any atom is 0.214 e. The molecule has 0 saturated carbocycles. The van der Waals surface area contributed by atoms with Crippen molar-refractivity contribution in [2.45, 2.75) is 19.4 Å². The first-order chi connectivity index (χ1) is 10.3. The van der Waals surface area contributed by atoms with Crippen LogP contribution in [0.1, 0.15) is 24.2 Å². The molecule has 2 rings (SSSR count). The number of likely N-dealkylation sites (N-methyl/N-ethyl adjacent to an activating group) is 1. The fraction of sp³-hybridized carbons (Fsp3) is 0.846. The molecule has 0 radical (unpaired) electrons. The first kappa shape index (κ1) is 17.3. The minimum absolute atomic E-state index is 0.0350. The van der Waals surface area contributed by atoms with Gasteiger partial charge in [0.1, 0.15) is 5.69 Å². The zero-order chi connectivity index (χ0) is 16.3. The molecule has 0 N–H and O–H groups in total. The van der Waals surface area contributed by atoms with Crippen LogP contribution in [0.5, 0.6) is 0 Å². The van der Waals surface area contributed by atoms with Crippen molar-refractivity contribution in [3.63, 3.8) is 0 Å². The predicted octanol–water partition coefficient (Wildman–Crippen LogP) is -0.358. The smallest absolute Gasteiger partial charge is 0.214 e. The van der Waals surface area contributed by atoms with Crippen LogP contribution in [0.25, 0.3) is 0 Å². The molecule has 0 aliphatic carbocycles. The largest absolute Gasteiger partial charge is 0.379 e. The van der Waals surface area contributed by atoms with Crippen molar-refractivity contribution in [1.82, 2.24) is 24.2 Å². The molecule has 1 aliphatic rings. The van der Waals surface area contributed by atoms with Crippen LogP contribution in [-0.2, 0) is 28.4 Å². The van der Waals surface area contributed by atoms with E-state index in [4.69, 9.17) is 4.74 Å². The first-order valence-electron chi connectivity index (χ1n) is 7.44. The van der Waals surface area contributed by atoms with Crippen LogP contribution >= 0.6 is 0 Å². The van der Waals surface area contributed by atoms with Crippen molar-refractivity contribution in [2.24, 2.45) is 7.05 Å². The summed E-state index contributed by atoms with van der Waals surface area (Å²) in [4.78, 5) is 2.05. The highest BCUT2D eigenvalue weighted by Gasteiger charge is 2.34. The van der Waals surface area contributed by atoms with Gasteiger partial charge in [-0.3, -0.25) is 4.68 Å².